The largest absolute Gasteiger partial charge is 0.366 e. The number of amides is 1. The highest BCUT2D eigenvalue weighted by Gasteiger charge is 2.19. The summed E-state index contributed by atoms with van der Waals surface area (Å²) in [6.45, 7) is 0. The van der Waals surface area contributed by atoms with Crippen LogP contribution in [-0.4, -0.2) is 28.0 Å². The van der Waals surface area contributed by atoms with Crippen LogP contribution in [0.5, 0.6) is 0 Å². The third-order valence-electron chi connectivity index (χ3n) is 4.28. The molecule has 108 valence electrons. The van der Waals surface area contributed by atoms with Crippen LogP contribution in [-0.2, 0) is 0 Å². The quantitative estimate of drug-likeness (QED) is 0.885. The Morgan fingerprint density at radius 2 is 1.60 bits per heavy atom. The molecule has 2 aliphatic carbocycles. The Balaban J connectivity index is 1.55. The SMILES string of the molecule is O=C(NC1CCCC1)c1cnc(NC2CCCC2)cn1. The zero-order chi connectivity index (χ0) is 13.8. The van der Waals surface area contributed by atoms with Gasteiger partial charge in [0, 0.05) is 12.1 Å². The third-order valence-corrected chi connectivity index (χ3v) is 4.28. The van der Waals surface area contributed by atoms with Gasteiger partial charge < -0.3 is 10.6 Å². The minimum absolute atomic E-state index is 0.100. The number of hydrogen-bond donors (Lipinski definition) is 2. The average molecular weight is 274 g/mol. The molecule has 2 aliphatic rings. The molecule has 1 aromatic rings. The summed E-state index contributed by atoms with van der Waals surface area (Å²) >= 11 is 0. The van der Waals surface area contributed by atoms with Crippen LogP contribution in [0.3, 0.4) is 0 Å². The standard InChI is InChI=1S/C15H22N4O/c20-15(19-12-7-3-4-8-12)13-9-17-14(10-16-13)18-11-5-1-2-6-11/h9-12H,1-8H2,(H,17,18)(H,19,20). The number of hydrogen-bond acceptors (Lipinski definition) is 4. The zero-order valence-electron chi connectivity index (χ0n) is 11.8. The van der Waals surface area contributed by atoms with Crippen molar-refractivity contribution in [1.82, 2.24) is 15.3 Å². The topological polar surface area (TPSA) is 66.9 Å². The van der Waals surface area contributed by atoms with Gasteiger partial charge in [0.05, 0.1) is 12.4 Å². The molecule has 0 unspecified atom stereocenters. The van der Waals surface area contributed by atoms with Gasteiger partial charge in [0.25, 0.3) is 5.91 Å². The van der Waals surface area contributed by atoms with Crippen molar-refractivity contribution in [2.75, 3.05) is 5.32 Å². The van der Waals surface area contributed by atoms with Crippen molar-refractivity contribution in [3.05, 3.63) is 18.1 Å². The van der Waals surface area contributed by atoms with Crippen LogP contribution < -0.4 is 10.6 Å². The second-order valence-electron chi connectivity index (χ2n) is 5.87. The Morgan fingerprint density at radius 3 is 2.20 bits per heavy atom. The van der Waals surface area contributed by atoms with E-state index in [9.17, 15) is 4.79 Å². The lowest BCUT2D eigenvalue weighted by atomic mass is 10.2. The van der Waals surface area contributed by atoms with Crippen LogP contribution in [0.1, 0.15) is 61.9 Å². The fourth-order valence-corrected chi connectivity index (χ4v) is 3.13. The Morgan fingerprint density at radius 1 is 0.950 bits per heavy atom. The second-order valence-corrected chi connectivity index (χ2v) is 5.87. The maximum absolute atomic E-state index is 12.0. The number of carbonyl (C=O) groups excluding carboxylic acids is 1. The molecule has 3 rings (SSSR count). The Bertz CT molecular complexity index is 447. The Hall–Kier alpha value is -1.65. The number of anilines is 1. The van der Waals surface area contributed by atoms with Crippen LogP contribution in [0.25, 0.3) is 0 Å². The molecule has 0 aliphatic heterocycles. The van der Waals surface area contributed by atoms with Gasteiger partial charge in [-0.05, 0) is 25.7 Å². The van der Waals surface area contributed by atoms with E-state index in [4.69, 9.17) is 0 Å². The lowest BCUT2D eigenvalue weighted by molar-refractivity contribution is 0.0932. The molecule has 0 spiro atoms. The molecule has 0 bridgehead atoms. The molecule has 0 saturated heterocycles. The predicted molar refractivity (Wildman–Crippen MR) is 77.6 cm³/mol. The summed E-state index contributed by atoms with van der Waals surface area (Å²) in [5.41, 5.74) is 0.411. The first kappa shape index (κ1) is 13.3. The Kier molecular flexibility index (Phi) is 4.14. The first-order chi connectivity index (χ1) is 9.81. The van der Waals surface area contributed by atoms with Gasteiger partial charge in [-0.1, -0.05) is 25.7 Å². The van der Waals surface area contributed by atoms with Crippen molar-refractivity contribution in [3.8, 4) is 0 Å². The van der Waals surface area contributed by atoms with Crippen LogP contribution in [0.15, 0.2) is 12.4 Å². The van der Waals surface area contributed by atoms with Crippen molar-refractivity contribution < 1.29 is 4.79 Å². The van der Waals surface area contributed by atoms with E-state index in [1.54, 1.807) is 12.4 Å². The van der Waals surface area contributed by atoms with Gasteiger partial charge in [0.2, 0.25) is 0 Å². The van der Waals surface area contributed by atoms with E-state index in [0.717, 1.165) is 18.7 Å². The van der Waals surface area contributed by atoms with E-state index in [-0.39, 0.29) is 5.91 Å². The molecule has 1 amide bonds. The number of rotatable bonds is 4. The summed E-state index contributed by atoms with van der Waals surface area (Å²) in [6.07, 6.45) is 12.8. The summed E-state index contributed by atoms with van der Waals surface area (Å²) in [7, 11) is 0. The molecular weight excluding hydrogens is 252 g/mol. The minimum atomic E-state index is -0.100. The van der Waals surface area contributed by atoms with Crippen molar-refractivity contribution >= 4 is 11.7 Å². The van der Waals surface area contributed by atoms with Crippen LogP contribution in [0, 0.1) is 0 Å². The van der Waals surface area contributed by atoms with Crippen LogP contribution in [0.4, 0.5) is 5.82 Å². The van der Waals surface area contributed by atoms with Crippen molar-refractivity contribution in [2.24, 2.45) is 0 Å². The molecule has 5 nitrogen and oxygen atoms in total. The fourth-order valence-electron chi connectivity index (χ4n) is 3.13. The molecule has 2 fully saturated rings. The number of nitrogens with zero attached hydrogens (tertiary/aromatic N) is 2. The monoisotopic (exact) mass is 274 g/mol. The molecular formula is C15H22N4O. The average Bonchev–Trinajstić information content (AvgIpc) is 3.13. The summed E-state index contributed by atoms with van der Waals surface area (Å²) in [5.74, 6) is 0.672. The lowest BCUT2D eigenvalue weighted by Gasteiger charge is -2.13. The van der Waals surface area contributed by atoms with Gasteiger partial charge in [0.1, 0.15) is 11.5 Å². The lowest BCUT2D eigenvalue weighted by Crippen LogP contribution is -2.33. The summed E-state index contributed by atoms with van der Waals surface area (Å²) < 4.78 is 0. The fraction of sp³-hybridized carbons (Fsp3) is 0.667. The molecule has 0 atom stereocenters. The first-order valence-electron chi connectivity index (χ1n) is 7.71. The predicted octanol–water partition coefficient (Wildman–Crippen LogP) is 2.50. The van der Waals surface area contributed by atoms with E-state index in [1.165, 1.54) is 38.5 Å². The van der Waals surface area contributed by atoms with Gasteiger partial charge >= 0.3 is 0 Å². The highest BCUT2D eigenvalue weighted by molar-refractivity contribution is 5.92. The number of carbonyl (C=O) groups is 1. The summed E-state index contributed by atoms with van der Waals surface area (Å²) in [6, 6.07) is 0.836. The van der Waals surface area contributed by atoms with Gasteiger partial charge in [-0.25, -0.2) is 9.97 Å². The maximum Gasteiger partial charge on any atom is 0.271 e. The maximum atomic E-state index is 12.0. The molecule has 5 heteroatoms. The smallest absolute Gasteiger partial charge is 0.271 e. The molecule has 1 aromatic heterocycles. The Labute approximate surface area is 119 Å². The van der Waals surface area contributed by atoms with Gasteiger partial charge in [0.15, 0.2) is 0 Å². The molecule has 0 aromatic carbocycles. The summed E-state index contributed by atoms with van der Waals surface area (Å²) in [5, 5.41) is 6.40. The molecule has 0 radical (unpaired) electrons. The van der Waals surface area contributed by atoms with E-state index in [0.29, 0.717) is 17.8 Å². The highest BCUT2D eigenvalue weighted by atomic mass is 16.1. The van der Waals surface area contributed by atoms with Gasteiger partial charge in [-0.3, -0.25) is 4.79 Å². The normalized spacial score (nSPS) is 20.2. The van der Waals surface area contributed by atoms with E-state index < -0.39 is 0 Å². The first-order valence-corrected chi connectivity index (χ1v) is 7.71. The molecule has 1 heterocycles. The van der Waals surface area contributed by atoms with Crippen LogP contribution >= 0.6 is 0 Å². The van der Waals surface area contributed by atoms with E-state index >= 15 is 0 Å². The molecule has 2 saturated carbocycles. The molecule has 2 N–H and O–H groups in total. The van der Waals surface area contributed by atoms with Gasteiger partial charge in [-0.2, -0.15) is 0 Å². The summed E-state index contributed by atoms with van der Waals surface area (Å²) in [4.78, 5) is 20.6. The van der Waals surface area contributed by atoms with Crippen LogP contribution in [0.2, 0.25) is 0 Å². The number of nitrogens with one attached hydrogen (secondary N) is 2. The zero-order valence-corrected chi connectivity index (χ0v) is 11.8. The second kappa shape index (κ2) is 6.20. The minimum Gasteiger partial charge on any atom is -0.366 e. The highest BCUT2D eigenvalue weighted by Crippen LogP contribution is 2.21. The van der Waals surface area contributed by atoms with E-state index in [1.807, 2.05) is 0 Å². The van der Waals surface area contributed by atoms with Gasteiger partial charge in [-0.15, -0.1) is 0 Å². The molecule has 20 heavy (non-hydrogen) atoms. The van der Waals surface area contributed by atoms with Crippen molar-refractivity contribution in [3.63, 3.8) is 0 Å². The third kappa shape index (κ3) is 3.26. The number of aromatic nitrogens is 2. The van der Waals surface area contributed by atoms with Crippen molar-refractivity contribution in [1.29, 1.82) is 0 Å². The van der Waals surface area contributed by atoms with Crippen molar-refractivity contribution in [2.45, 2.75) is 63.5 Å². The van der Waals surface area contributed by atoms with E-state index in [2.05, 4.69) is 20.6 Å².